The first-order valence-corrected chi connectivity index (χ1v) is 8.38. The number of hydrogen-bond donors (Lipinski definition) is 0. The molecule has 1 saturated carbocycles. The topological polar surface area (TPSA) is 88.4 Å². The van der Waals surface area contributed by atoms with Crippen LogP contribution in [0.4, 0.5) is 0 Å². The summed E-state index contributed by atoms with van der Waals surface area (Å²) < 4.78 is 4.95. The van der Waals surface area contributed by atoms with Gasteiger partial charge in [0.25, 0.3) is 0 Å². The maximum Gasteiger partial charge on any atom is 0.313 e. The average molecular weight is 319 g/mol. The Labute approximate surface area is 134 Å². The van der Waals surface area contributed by atoms with E-state index in [1.165, 1.54) is 7.11 Å². The second kappa shape index (κ2) is 4.85. The van der Waals surface area contributed by atoms with Crippen LogP contribution in [0.5, 0.6) is 0 Å². The summed E-state index contributed by atoms with van der Waals surface area (Å²) in [4.78, 5) is 39.9. The van der Waals surface area contributed by atoms with Crippen LogP contribution in [0.2, 0.25) is 0 Å². The summed E-state index contributed by atoms with van der Waals surface area (Å²) in [6.07, 6.45) is 4.32. The molecule has 1 aliphatic carbocycles. The Morgan fingerprint density at radius 2 is 2.17 bits per heavy atom. The second-order valence-electron chi connectivity index (χ2n) is 7.06. The van der Waals surface area contributed by atoms with Gasteiger partial charge in [-0.25, -0.2) is 0 Å². The predicted octanol–water partition coefficient (Wildman–Crippen LogP) is 1.11. The van der Waals surface area contributed by atoms with Crippen molar-refractivity contribution >= 4 is 17.7 Å². The van der Waals surface area contributed by atoms with Gasteiger partial charge in [0.1, 0.15) is 5.92 Å². The first-order valence-electron chi connectivity index (χ1n) is 8.38. The zero-order valence-corrected chi connectivity index (χ0v) is 13.3. The van der Waals surface area contributed by atoms with E-state index in [-0.39, 0.29) is 30.6 Å². The van der Waals surface area contributed by atoms with E-state index in [1.807, 2.05) is 4.90 Å². The number of esters is 1. The lowest BCUT2D eigenvalue weighted by Crippen LogP contribution is -2.74. The van der Waals surface area contributed by atoms with E-state index < -0.39 is 23.0 Å². The van der Waals surface area contributed by atoms with Gasteiger partial charge in [0, 0.05) is 19.4 Å². The van der Waals surface area contributed by atoms with Gasteiger partial charge in [0.2, 0.25) is 5.91 Å². The molecule has 7 heteroatoms. The molecule has 0 unspecified atom stereocenters. The van der Waals surface area contributed by atoms with Crippen LogP contribution < -0.4 is 0 Å². The summed E-state index contributed by atoms with van der Waals surface area (Å²) in [5.41, 5.74) is -1.90. The Morgan fingerprint density at radius 3 is 2.96 bits per heavy atom. The number of amides is 1. The minimum absolute atomic E-state index is 0.0491. The third-order valence-electron chi connectivity index (χ3n) is 6.37. The first-order chi connectivity index (χ1) is 11.1. The van der Waals surface area contributed by atoms with Crippen LogP contribution in [-0.4, -0.2) is 53.8 Å². The van der Waals surface area contributed by atoms with Crippen molar-refractivity contribution in [3.63, 3.8) is 0 Å². The van der Waals surface area contributed by atoms with E-state index in [0.29, 0.717) is 13.0 Å². The molecule has 23 heavy (non-hydrogen) atoms. The van der Waals surface area contributed by atoms with Gasteiger partial charge in [0.15, 0.2) is 11.3 Å². The number of ether oxygens (including phenoxy) is 1. The molecular weight excluding hydrogens is 298 g/mol. The second-order valence-corrected chi connectivity index (χ2v) is 7.06. The van der Waals surface area contributed by atoms with E-state index in [1.54, 1.807) is 0 Å². The molecule has 0 aromatic carbocycles. The van der Waals surface area contributed by atoms with Crippen LogP contribution in [0.3, 0.4) is 0 Å². The zero-order valence-electron chi connectivity index (χ0n) is 13.3. The van der Waals surface area contributed by atoms with Gasteiger partial charge < -0.3 is 9.64 Å². The molecule has 0 aromatic heterocycles. The van der Waals surface area contributed by atoms with Crippen molar-refractivity contribution in [3.8, 4) is 0 Å². The summed E-state index contributed by atoms with van der Waals surface area (Å²) >= 11 is 0. The molecule has 1 amide bonds. The largest absolute Gasteiger partial charge is 0.469 e. The van der Waals surface area contributed by atoms with Crippen molar-refractivity contribution < 1.29 is 19.1 Å². The molecular formula is C16H21N3O4. The smallest absolute Gasteiger partial charge is 0.313 e. The average Bonchev–Trinajstić information content (AvgIpc) is 3.11. The number of carbonyl (C=O) groups excluding carboxylic acids is 3. The lowest BCUT2D eigenvalue weighted by Gasteiger charge is -2.56. The van der Waals surface area contributed by atoms with Crippen LogP contribution in [0.25, 0.3) is 0 Å². The lowest BCUT2D eigenvalue weighted by molar-refractivity contribution is -0.163. The van der Waals surface area contributed by atoms with Gasteiger partial charge in [-0.3, -0.25) is 14.4 Å². The van der Waals surface area contributed by atoms with Crippen molar-refractivity contribution in [3.05, 3.63) is 0 Å². The number of rotatable bonds is 1. The van der Waals surface area contributed by atoms with E-state index in [4.69, 9.17) is 4.74 Å². The Kier molecular flexibility index (Phi) is 3.12. The first kappa shape index (κ1) is 14.8. The van der Waals surface area contributed by atoms with Crippen LogP contribution in [0.1, 0.15) is 38.5 Å². The fraction of sp³-hybridized carbons (Fsp3) is 0.812. The molecule has 4 atom stereocenters. The number of ketones is 1. The highest BCUT2D eigenvalue weighted by Gasteiger charge is 2.74. The molecule has 2 spiro atoms. The quantitative estimate of drug-likeness (QED) is 0.677. The molecule has 4 rings (SSSR count). The van der Waals surface area contributed by atoms with Crippen LogP contribution in [0.15, 0.2) is 10.2 Å². The van der Waals surface area contributed by atoms with E-state index in [2.05, 4.69) is 10.2 Å². The van der Waals surface area contributed by atoms with Crippen molar-refractivity contribution in [2.45, 2.75) is 49.6 Å². The Bertz CT molecular complexity index is 618. The van der Waals surface area contributed by atoms with E-state index in [0.717, 1.165) is 25.7 Å². The minimum Gasteiger partial charge on any atom is -0.469 e. The van der Waals surface area contributed by atoms with Crippen molar-refractivity contribution in [1.82, 2.24) is 4.90 Å². The fourth-order valence-corrected chi connectivity index (χ4v) is 5.54. The number of carbonyl (C=O) groups is 3. The van der Waals surface area contributed by atoms with Crippen LogP contribution in [-0.2, 0) is 19.1 Å². The highest BCUT2D eigenvalue weighted by atomic mass is 16.5. The van der Waals surface area contributed by atoms with Gasteiger partial charge in [-0.05, 0) is 18.8 Å². The molecule has 2 saturated heterocycles. The van der Waals surface area contributed by atoms with Crippen molar-refractivity contribution in [2.75, 3.05) is 20.2 Å². The minimum atomic E-state index is -1.23. The summed E-state index contributed by atoms with van der Waals surface area (Å²) in [6.45, 7) is 0.619. The highest BCUT2D eigenvalue weighted by molar-refractivity contribution is 5.99. The Hall–Kier alpha value is -1.79. The number of azo groups is 1. The third kappa shape index (κ3) is 1.58. The third-order valence-corrected chi connectivity index (χ3v) is 6.37. The highest BCUT2D eigenvalue weighted by Crippen LogP contribution is 2.59. The number of Topliss-reactive ketones (excluding diaryl/α,β-unsaturated/α-hetero) is 1. The predicted molar refractivity (Wildman–Crippen MR) is 78.6 cm³/mol. The summed E-state index contributed by atoms with van der Waals surface area (Å²) in [5, 5.41) is 8.49. The van der Waals surface area contributed by atoms with Crippen LogP contribution in [0, 0.1) is 11.8 Å². The molecule has 7 nitrogen and oxygen atoms in total. The zero-order chi connectivity index (χ0) is 16.2. The Balaban J connectivity index is 1.91. The summed E-state index contributed by atoms with van der Waals surface area (Å²) in [5.74, 6) is -1.02. The van der Waals surface area contributed by atoms with Gasteiger partial charge in [-0.2, -0.15) is 10.2 Å². The monoisotopic (exact) mass is 319 g/mol. The lowest BCUT2D eigenvalue weighted by atomic mass is 9.55. The molecule has 3 aliphatic heterocycles. The number of hydrogen-bond acceptors (Lipinski definition) is 6. The van der Waals surface area contributed by atoms with Gasteiger partial charge >= 0.3 is 5.97 Å². The maximum atomic E-state index is 13.0. The summed E-state index contributed by atoms with van der Waals surface area (Å²) in [7, 11) is 1.33. The van der Waals surface area contributed by atoms with Crippen molar-refractivity contribution in [2.24, 2.45) is 22.1 Å². The Morgan fingerprint density at radius 1 is 1.35 bits per heavy atom. The molecule has 3 fully saturated rings. The SMILES string of the molecule is COC(=O)[C@@H]1CN=N[C@]12C(=O)CCN1C(=O)C[C@@H]3CCCC[C@@]312. The van der Waals surface area contributed by atoms with Gasteiger partial charge in [-0.15, -0.1) is 0 Å². The molecule has 0 bridgehead atoms. The van der Waals surface area contributed by atoms with Gasteiger partial charge in [-0.1, -0.05) is 12.8 Å². The molecule has 0 radical (unpaired) electrons. The maximum absolute atomic E-state index is 13.0. The van der Waals surface area contributed by atoms with Gasteiger partial charge in [0.05, 0.1) is 19.2 Å². The fourth-order valence-electron chi connectivity index (χ4n) is 5.54. The van der Waals surface area contributed by atoms with E-state index in [9.17, 15) is 14.4 Å². The molecule has 0 N–H and O–H groups in total. The number of methoxy groups -OCH3 is 1. The van der Waals surface area contributed by atoms with Crippen molar-refractivity contribution in [1.29, 1.82) is 0 Å². The van der Waals surface area contributed by atoms with E-state index >= 15 is 0 Å². The molecule has 124 valence electrons. The molecule has 4 aliphatic rings. The number of piperidine rings is 1. The normalized spacial score (nSPS) is 42.0. The van der Waals surface area contributed by atoms with Crippen LogP contribution >= 0.6 is 0 Å². The summed E-state index contributed by atoms with van der Waals surface area (Å²) in [6, 6.07) is 0. The molecule has 3 heterocycles. The molecule has 0 aromatic rings. The standard InChI is InChI=1S/C16H21N3O4/c1-23-14(22)11-9-17-18-16(11)12(20)5-7-19-13(21)8-10-4-2-3-6-15(10,16)19/h10-11H,2-9H2,1H3/t10-,11-,15-,16-/m0/s1. The number of nitrogens with zero attached hydrogens (tertiary/aromatic N) is 3.